The van der Waals surface area contributed by atoms with Crippen molar-refractivity contribution in [3.05, 3.63) is 33.1 Å². The fourth-order valence-electron chi connectivity index (χ4n) is 1.84. The molecular formula is C14H11BrNO4S2-. The van der Waals surface area contributed by atoms with Gasteiger partial charge in [-0.3, -0.25) is 9.69 Å². The van der Waals surface area contributed by atoms with Crippen LogP contribution in [0.15, 0.2) is 27.6 Å². The second-order valence-electron chi connectivity index (χ2n) is 4.44. The number of hydrogen-bond donors (Lipinski definition) is 0. The van der Waals surface area contributed by atoms with E-state index < -0.39 is 17.9 Å². The molecule has 0 aromatic heterocycles. The number of aliphatic carboxylic acids is 1. The number of amides is 1. The molecule has 1 heterocycles. The van der Waals surface area contributed by atoms with E-state index in [2.05, 4.69) is 15.9 Å². The van der Waals surface area contributed by atoms with Crippen molar-refractivity contribution in [3.63, 3.8) is 0 Å². The Morgan fingerprint density at radius 1 is 1.55 bits per heavy atom. The van der Waals surface area contributed by atoms with E-state index in [0.29, 0.717) is 10.7 Å². The average molecular weight is 401 g/mol. The van der Waals surface area contributed by atoms with Gasteiger partial charge in [0.1, 0.15) is 10.1 Å². The maximum atomic E-state index is 12.3. The predicted molar refractivity (Wildman–Crippen MR) is 90.2 cm³/mol. The van der Waals surface area contributed by atoms with Gasteiger partial charge in [0.2, 0.25) is 0 Å². The molecule has 1 aromatic carbocycles. The standard InChI is InChI=1S/C14H12BrNO4S2/c1-7(13(18)19)16-12(17)11(22-14(16)21)6-8-3-4-10(20-2)9(15)5-8/h3-7H,1-2H3,(H,18,19)/p-1/b11-6+/t7-/m0/s1. The van der Waals surface area contributed by atoms with Gasteiger partial charge < -0.3 is 14.6 Å². The van der Waals surface area contributed by atoms with Crippen molar-refractivity contribution in [1.82, 2.24) is 4.90 Å². The molecule has 5 nitrogen and oxygen atoms in total. The molecule has 0 aliphatic carbocycles. The van der Waals surface area contributed by atoms with E-state index in [9.17, 15) is 14.7 Å². The van der Waals surface area contributed by atoms with Crippen LogP contribution in [0.2, 0.25) is 0 Å². The minimum atomic E-state index is -1.34. The van der Waals surface area contributed by atoms with Crippen molar-refractivity contribution in [2.24, 2.45) is 0 Å². The molecule has 2 rings (SSSR count). The smallest absolute Gasteiger partial charge is 0.266 e. The first kappa shape index (κ1) is 17.0. The number of nitrogens with zero attached hydrogens (tertiary/aromatic N) is 1. The SMILES string of the molecule is COc1ccc(/C=C2/SC(=S)N([C@@H](C)C(=O)[O-])C2=O)cc1Br. The molecular weight excluding hydrogens is 390 g/mol. The highest BCUT2D eigenvalue weighted by Gasteiger charge is 2.35. The Bertz CT molecular complexity index is 689. The lowest BCUT2D eigenvalue weighted by molar-refractivity contribution is -0.309. The van der Waals surface area contributed by atoms with Crippen LogP contribution in [0.5, 0.6) is 5.75 Å². The monoisotopic (exact) mass is 400 g/mol. The van der Waals surface area contributed by atoms with Gasteiger partial charge >= 0.3 is 0 Å². The van der Waals surface area contributed by atoms with E-state index in [0.717, 1.165) is 26.7 Å². The van der Waals surface area contributed by atoms with Crippen molar-refractivity contribution in [3.8, 4) is 5.75 Å². The van der Waals surface area contributed by atoms with Gasteiger partial charge in [-0.1, -0.05) is 30.0 Å². The van der Waals surface area contributed by atoms with Crippen LogP contribution in [0, 0.1) is 0 Å². The quantitative estimate of drug-likeness (QED) is 0.566. The molecule has 1 aliphatic rings. The van der Waals surface area contributed by atoms with Crippen LogP contribution in [-0.2, 0) is 9.59 Å². The zero-order valence-corrected chi connectivity index (χ0v) is 14.9. The molecule has 1 fully saturated rings. The summed E-state index contributed by atoms with van der Waals surface area (Å²) in [4.78, 5) is 24.7. The number of thioether (sulfide) groups is 1. The summed E-state index contributed by atoms with van der Waals surface area (Å²) in [6.07, 6.45) is 1.66. The molecule has 1 saturated heterocycles. The van der Waals surface area contributed by atoms with Crippen LogP contribution in [0.1, 0.15) is 12.5 Å². The number of carbonyl (C=O) groups is 2. The Balaban J connectivity index is 2.30. The molecule has 1 aliphatic heterocycles. The highest BCUT2D eigenvalue weighted by Crippen LogP contribution is 2.35. The van der Waals surface area contributed by atoms with Gasteiger partial charge in [-0.25, -0.2) is 0 Å². The van der Waals surface area contributed by atoms with Crippen LogP contribution in [-0.4, -0.2) is 34.2 Å². The molecule has 22 heavy (non-hydrogen) atoms. The maximum Gasteiger partial charge on any atom is 0.266 e. The van der Waals surface area contributed by atoms with Crippen molar-refractivity contribution in [2.75, 3.05) is 7.11 Å². The Morgan fingerprint density at radius 2 is 2.23 bits per heavy atom. The van der Waals surface area contributed by atoms with E-state index >= 15 is 0 Å². The van der Waals surface area contributed by atoms with Gasteiger partial charge in [0.25, 0.3) is 5.91 Å². The van der Waals surface area contributed by atoms with E-state index in [1.807, 2.05) is 0 Å². The first-order chi connectivity index (χ1) is 10.3. The van der Waals surface area contributed by atoms with E-state index in [1.54, 1.807) is 31.4 Å². The molecule has 1 aromatic rings. The van der Waals surface area contributed by atoms with Gasteiger partial charge in [-0.05, 0) is 46.6 Å². The third kappa shape index (κ3) is 3.34. The summed E-state index contributed by atoms with van der Waals surface area (Å²) in [5.74, 6) is -1.10. The van der Waals surface area contributed by atoms with Gasteiger partial charge in [-0.15, -0.1) is 0 Å². The van der Waals surface area contributed by atoms with Crippen LogP contribution in [0.3, 0.4) is 0 Å². The summed E-state index contributed by atoms with van der Waals surface area (Å²) in [5, 5.41) is 10.9. The zero-order valence-electron chi connectivity index (χ0n) is 11.7. The molecule has 0 saturated carbocycles. The normalized spacial score (nSPS) is 18.0. The van der Waals surface area contributed by atoms with Crippen molar-refractivity contribution >= 4 is 62.2 Å². The van der Waals surface area contributed by atoms with E-state index in [-0.39, 0.29) is 4.32 Å². The number of ether oxygens (including phenoxy) is 1. The first-order valence-corrected chi connectivity index (χ1v) is 8.18. The lowest BCUT2D eigenvalue weighted by Crippen LogP contribution is -2.48. The second kappa shape index (κ2) is 6.80. The van der Waals surface area contributed by atoms with Crippen LogP contribution >= 0.6 is 39.9 Å². The minimum absolute atomic E-state index is 0.209. The van der Waals surface area contributed by atoms with E-state index in [4.69, 9.17) is 17.0 Å². The molecule has 8 heteroatoms. The summed E-state index contributed by atoms with van der Waals surface area (Å²) in [7, 11) is 1.56. The highest BCUT2D eigenvalue weighted by atomic mass is 79.9. The lowest BCUT2D eigenvalue weighted by Gasteiger charge is -2.23. The van der Waals surface area contributed by atoms with Crippen LogP contribution in [0.25, 0.3) is 6.08 Å². The Hall–Kier alpha value is -1.38. The highest BCUT2D eigenvalue weighted by molar-refractivity contribution is 9.10. The average Bonchev–Trinajstić information content (AvgIpc) is 2.73. The number of thiocarbonyl (C=S) groups is 1. The fraction of sp³-hybridized carbons (Fsp3) is 0.214. The molecule has 0 N–H and O–H groups in total. The molecule has 0 bridgehead atoms. The van der Waals surface area contributed by atoms with Crippen molar-refractivity contribution in [1.29, 1.82) is 0 Å². The Labute approximate surface area is 145 Å². The number of methoxy groups -OCH3 is 1. The summed E-state index contributed by atoms with van der Waals surface area (Å²) >= 11 is 9.52. The molecule has 0 radical (unpaired) electrons. The third-order valence-corrected chi connectivity index (χ3v) is 4.98. The Kier molecular flexibility index (Phi) is 5.25. The Morgan fingerprint density at radius 3 is 2.77 bits per heavy atom. The second-order valence-corrected chi connectivity index (χ2v) is 6.97. The lowest BCUT2D eigenvalue weighted by atomic mass is 10.2. The number of carbonyl (C=O) groups excluding carboxylic acids is 2. The van der Waals surface area contributed by atoms with Gasteiger partial charge in [0, 0.05) is 0 Å². The molecule has 1 atom stereocenters. The van der Waals surface area contributed by atoms with Gasteiger partial charge in [0.15, 0.2) is 0 Å². The van der Waals surface area contributed by atoms with Crippen molar-refractivity contribution in [2.45, 2.75) is 13.0 Å². The fourth-order valence-corrected chi connectivity index (χ4v) is 3.82. The largest absolute Gasteiger partial charge is 0.548 e. The predicted octanol–water partition coefficient (Wildman–Crippen LogP) is 1.80. The molecule has 116 valence electrons. The van der Waals surface area contributed by atoms with Gasteiger partial charge in [-0.2, -0.15) is 0 Å². The number of hydrogen-bond acceptors (Lipinski definition) is 6. The summed E-state index contributed by atoms with van der Waals surface area (Å²) in [6.45, 7) is 1.37. The minimum Gasteiger partial charge on any atom is -0.548 e. The summed E-state index contributed by atoms with van der Waals surface area (Å²) < 4.78 is 6.10. The maximum absolute atomic E-state index is 12.3. The van der Waals surface area contributed by atoms with Crippen LogP contribution < -0.4 is 9.84 Å². The molecule has 1 amide bonds. The third-order valence-electron chi connectivity index (χ3n) is 3.03. The van der Waals surface area contributed by atoms with Crippen molar-refractivity contribution < 1.29 is 19.4 Å². The molecule has 0 unspecified atom stereocenters. The molecule has 0 spiro atoms. The number of carboxylic acid groups (broad SMARTS) is 1. The summed E-state index contributed by atoms with van der Waals surface area (Å²) in [5.41, 5.74) is 0.772. The zero-order chi connectivity index (χ0) is 16.4. The van der Waals surface area contributed by atoms with Crippen LogP contribution in [0.4, 0.5) is 0 Å². The number of halogens is 1. The number of rotatable bonds is 4. The number of benzene rings is 1. The summed E-state index contributed by atoms with van der Waals surface area (Å²) in [6, 6.07) is 4.26. The van der Waals surface area contributed by atoms with Gasteiger partial charge in [0.05, 0.1) is 28.5 Å². The number of carboxylic acids is 1. The first-order valence-electron chi connectivity index (χ1n) is 6.16. The van der Waals surface area contributed by atoms with E-state index in [1.165, 1.54) is 6.92 Å². The topological polar surface area (TPSA) is 69.7 Å².